The van der Waals surface area contributed by atoms with Crippen LogP contribution in [0.15, 0.2) is 12.2 Å². The first-order chi connectivity index (χ1) is 7.07. The summed E-state index contributed by atoms with van der Waals surface area (Å²) < 4.78 is 0. The van der Waals surface area contributed by atoms with Crippen molar-refractivity contribution < 1.29 is 14.4 Å². The number of hydrogen-bond acceptors (Lipinski definition) is 3. The van der Waals surface area contributed by atoms with Crippen LogP contribution in [0.2, 0.25) is 0 Å². The molecule has 0 aromatic rings. The molecule has 1 atom stereocenters. The standard InChI is InChI=1S/C10H12N2O3/c1-6-4-2-3-5-10(6)7(13)11-9(15)12-8(10)14/h2-3,6H,4-5H2,1H3,(H2,11,12,13,14,15)/t6-/m0/s1. The van der Waals surface area contributed by atoms with Gasteiger partial charge in [0.05, 0.1) is 0 Å². The highest BCUT2D eigenvalue weighted by Crippen LogP contribution is 2.39. The molecule has 2 aliphatic rings. The quantitative estimate of drug-likeness (QED) is 0.445. The molecule has 15 heavy (non-hydrogen) atoms. The molecule has 1 aliphatic heterocycles. The van der Waals surface area contributed by atoms with Crippen LogP contribution in [-0.4, -0.2) is 17.8 Å². The van der Waals surface area contributed by atoms with E-state index in [1.165, 1.54) is 0 Å². The van der Waals surface area contributed by atoms with Gasteiger partial charge >= 0.3 is 6.03 Å². The highest BCUT2D eigenvalue weighted by Gasteiger charge is 2.53. The van der Waals surface area contributed by atoms with Gasteiger partial charge in [-0.3, -0.25) is 20.2 Å². The van der Waals surface area contributed by atoms with Gasteiger partial charge in [0.25, 0.3) is 0 Å². The molecule has 5 heteroatoms. The van der Waals surface area contributed by atoms with Gasteiger partial charge in [-0.25, -0.2) is 4.79 Å². The Bertz CT molecular complexity index is 353. The molecule has 1 aliphatic carbocycles. The highest BCUT2D eigenvalue weighted by molar-refractivity contribution is 6.19. The zero-order chi connectivity index (χ0) is 11.1. The average Bonchev–Trinajstić information content (AvgIpc) is 2.16. The van der Waals surface area contributed by atoms with Crippen molar-refractivity contribution in [3.8, 4) is 0 Å². The van der Waals surface area contributed by atoms with E-state index in [4.69, 9.17) is 0 Å². The summed E-state index contributed by atoms with van der Waals surface area (Å²) in [6.45, 7) is 1.85. The van der Waals surface area contributed by atoms with Crippen molar-refractivity contribution in [3.63, 3.8) is 0 Å². The van der Waals surface area contributed by atoms with Gasteiger partial charge in [0.15, 0.2) is 0 Å². The summed E-state index contributed by atoms with van der Waals surface area (Å²) in [5.74, 6) is -1.04. The predicted octanol–water partition coefficient (Wildman–Crippen LogP) is 0.325. The number of nitrogens with one attached hydrogen (secondary N) is 2. The van der Waals surface area contributed by atoms with Gasteiger partial charge in [-0.1, -0.05) is 19.1 Å². The molecule has 80 valence electrons. The van der Waals surface area contributed by atoms with Gasteiger partial charge in [0.1, 0.15) is 5.41 Å². The van der Waals surface area contributed by atoms with Crippen molar-refractivity contribution in [2.75, 3.05) is 0 Å². The molecular weight excluding hydrogens is 196 g/mol. The molecule has 0 aromatic carbocycles. The van der Waals surface area contributed by atoms with Gasteiger partial charge in [-0.15, -0.1) is 0 Å². The van der Waals surface area contributed by atoms with Crippen LogP contribution in [0.1, 0.15) is 19.8 Å². The summed E-state index contributed by atoms with van der Waals surface area (Å²) in [6, 6.07) is -0.725. The first-order valence-electron chi connectivity index (χ1n) is 4.89. The second kappa shape index (κ2) is 3.18. The van der Waals surface area contributed by atoms with Crippen molar-refractivity contribution >= 4 is 17.8 Å². The molecule has 0 unspecified atom stereocenters. The smallest absolute Gasteiger partial charge is 0.277 e. The van der Waals surface area contributed by atoms with E-state index < -0.39 is 23.3 Å². The molecule has 5 nitrogen and oxygen atoms in total. The molecule has 1 fully saturated rings. The summed E-state index contributed by atoms with van der Waals surface area (Å²) >= 11 is 0. The van der Waals surface area contributed by atoms with Crippen molar-refractivity contribution in [2.45, 2.75) is 19.8 Å². The lowest BCUT2D eigenvalue weighted by atomic mass is 9.67. The van der Waals surface area contributed by atoms with Crippen LogP contribution in [0.5, 0.6) is 0 Å². The minimum atomic E-state index is -1.09. The van der Waals surface area contributed by atoms with Crippen LogP contribution >= 0.6 is 0 Å². The number of hydrogen-bond donors (Lipinski definition) is 2. The third kappa shape index (κ3) is 1.26. The lowest BCUT2D eigenvalue weighted by Gasteiger charge is -2.39. The Morgan fingerprint density at radius 3 is 2.33 bits per heavy atom. The molecule has 1 saturated heterocycles. The monoisotopic (exact) mass is 208 g/mol. The minimum Gasteiger partial charge on any atom is -0.277 e. The Labute approximate surface area is 86.9 Å². The molecule has 0 radical (unpaired) electrons. The first kappa shape index (κ1) is 9.89. The van der Waals surface area contributed by atoms with E-state index in [1.54, 1.807) is 0 Å². The number of rotatable bonds is 0. The summed E-state index contributed by atoms with van der Waals surface area (Å²) in [7, 11) is 0. The molecular formula is C10H12N2O3. The van der Waals surface area contributed by atoms with Gasteiger partial charge < -0.3 is 0 Å². The Hall–Kier alpha value is -1.65. The number of urea groups is 1. The second-order valence-corrected chi connectivity index (χ2v) is 4.02. The Morgan fingerprint density at radius 1 is 1.20 bits per heavy atom. The molecule has 0 bridgehead atoms. The zero-order valence-corrected chi connectivity index (χ0v) is 8.37. The Balaban J connectivity index is 2.40. The van der Waals surface area contributed by atoms with Gasteiger partial charge in [-0.2, -0.15) is 0 Å². The lowest BCUT2D eigenvalue weighted by Crippen LogP contribution is -2.64. The number of barbiturate groups is 1. The van der Waals surface area contributed by atoms with Gasteiger partial charge in [-0.05, 0) is 18.8 Å². The summed E-state index contributed by atoms with van der Waals surface area (Å²) in [5.41, 5.74) is -1.09. The van der Waals surface area contributed by atoms with Crippen LogP contribution in [0.25, 0.3) is 0 Å². The lowest BCUT2D eigenvalue weighted by molar-refractivity contribution is -0.148. The van der Waals surface area contributed by atoms with E-state index in [0.717, 1.165) is 0 Å². The number of allylic oxidation sites excluding steroid dienone is 2. The first-order valence-corrected chi connectivity index (χ1v) is 4.89. The van der Waals surface area contributed by atoms with Crippen molar-refractivity contribution in [1.82, 2.24) is 10.6 Å². The van der Waals surface area contributed by atoms with Gasteiger partial charge in [0.2, 0.25) is 11.8 Å². The fourth-order valence-electron chi connectivity index (χ4n) is 2.17. The molecule has 0 aromatic heterocycles. The number of amides is 4. The van der Waals surface area contributed by atoms with Crippen LogP contribution < -0.4 is 10.6 Å². The summed E-state index contributed by atoms with van der Waals surface area (Å²) in [5, 5.41) is 4.31. The second-order valence-electron chi connectivity index (χ2n) is 4.02. The maximum atomic E-state index is 11.8. The minimum absolute atomic E-state index is 0.0874. The maximum absolute atomic E-state index is 11.8. The molecule has 1 heterocycles. The predicted molar refractivity (Wildman–Crippen MR) is 51.7 cm³/mol. The van der Waals surface area contributed by atoms with E-state index >= 15 is 0 Å². The Morgan fingerprint density at radius 2 is 1.80 bits per heavy atom. The fraction of sp³-hybridized carbons (Fsp3) is 0.500. The number of carbonyl (C=O) groups excluding carboxylic acids is 3. The molecule has 4 amide bonds. The van der Waals surface area contributed by atoms with Crippen molar-refractivity contribution in [3.05, 3.63) is 12.2 Å². The molecule has 0 saturated carbocycles. The van der Waals surface area contributed by atoms with Gasteiger partial charge in [0, 0.05) is 0 Å². The summed E-state index contributed by atoms with van der Waals surface area (Å²) in [6.07, 6.45) is 4.80. The van der Waals surface area contributed by atoms with E-state index in [2.05, 4.69) is 10.6 Å². The van der Waals surface area contributed by atoms with E-state index in [1.807, 2.05) is 19.1 Å². The third-order valence-corrected chi connectivity index (χ3v) is 3.20. The molecule has 1 spiro atoms. The Kier molecular flexibility index (Phi) is 2.10. The third-order valence-electron chi connectivity index (χ3n) is 3.20. The zero-order valence-electron chi connectivity index (χ0n) is 8.37. The molecule has 2 N–H and O–H groups in total. The highest BCUT2D eigenvalue weighted by atomic mass is 16.2. The summed E-state index contributed by atoms with van der Waals surface area (Å²) in [4.78, 5) is 34.5. The molecule has 2 rings (SSSR count). The van der Waals surface area contributed by atoms with Crippen LogP contribution in [0.3, 0.4) is 0 Å². The van der Waals surface area contributed by atoms with Crippen molar-refractivity contribution in [2.24, 2.45) is 11.3 Å². The van der Waals surface area contributed by atoms with E-state index in [0.29, 0.717) is 12.8 Å². The van der Waals surface area contributed by atoms with Crippen LogP contribution in [-0.2, 0) is 9.59 Å². The fourth-order valence-corrected chi connectivity index (χ4v) is 2.17. The van der Waals surface area contributed by atoms with E-state index in [-0.39, 0.29) is 5.92 Å². The number of imide groups is 2. The number of carbonyl (C=O) groups is 3. The largest absolute Gasteiger partial charge is 0.328 e. The maximum Gasteiger partial charge on any atom is 0.328 e. The van der Waals surface area contributed by atoms with Crippen LogP contribution in [0.4, 0.5) is 4.79 Å². The van der Waals surface area contributed by atoms with Crippen LogP contribution in [0, 0.1) is 11.3 Å². The topological polar surface area (TPSA) is 75.3 Å². The van der Waals surface area contributed by atoms with Crippen molar-refractivity contribution in [1.29, 1.82) is 0 Å². The average molecular weight is 208 g/mol. The normalized spacial score (nSPS) is 28.9. The SMILES string of the molecule is C[C@H]1CC=CCC12C(=O)NC(=O)NC2=O. The van der Waals surface area contributed by atoms with E-state index in [9.17, 15) is 14.4 Å².